The van der Waals surface area contributed by atoms with E-state index in [2.05, 4.69) is 4.98 Å². The second-order valence-electron chi connectivity index (χ2n) is 9.90. The van der Waals surface area contributed by atoms with E-state index in [1.165, 1.54) is 19.1 Å². The number of alkyl halides is 6. The number of rotatable bonds is 7. The summed E-state index contributed by atoms with van der Waals surface area (Å²) in [6.45, 7) is 2.39. The van der Waals surface area contributed by atoms with Crippen molar-refractivity contribution in [2.24, 2.45) is 0 Å². The summed E-state index contributed by atoms with van der Waals surface area (Å²) in [7, 11) is 0. The molecule has 3 aromatic rings. The number of carbonyl (C=O) groups is 2. The summed E-state index contributed by atoms with van der Waals surface area (Å²) in [6, 6.07) is 6.36. The molecule has 2 aromatic carbocycles. The van der Waals surface area contributed by atoms with E-state index in [1.807, 2.05) is 6.08 Å². The first kappa shape index (κ1) is 35.9. The van der Waals surface area contributed by atoms with Crippen LogP contribution < -0.4 is 10.1 Å². The lowest BCUT2D eigenvalue weighted by molar-refractivity contribution is -0.167. The fourth-order valence-electron chi connectivity index (χ4n) is 4.23. The summed E-state index contributed by atoms with van der Waals surface area (Å²) in [5.41, 5.74) is 0.00360. The van der Waals surface area contributed by atoms with Crippen molar-refractivity contribution < 1.29 is 58.6 Å². The fraction of sp³-hybridized carbons (Fsp3) is 0.323. The highest BCUT2D eigenvalue weighted by Gasteiger charge is 2.39. The van der Waals surface area contributed by atoms with Crippen molar-refractivity contribution in [2.75, 3.05) is 11.9 Å². The predicted molar refractivity (Wildman–Crippen MR) is 148 cm³/mol. The second-order valence-corrected chi connectivity index (χ2v) is 9.90. The minimum Gasteiger partial charge on any atom is -0.472 e. The Morgan fingerprint density at radius 1 is 0.957 bits per heavy atom. The Morgan fingerprint density at radius 2 is 1.65 bits per heavy atom. The number of amides is 1. The Morgan fingerprint density at radius 3 is 2.24 bits per heavy atom. The minimum atomic E-state index is -5.00. The van der Waals surface area contributed by atoms with Crippen LogP contribution in [0.25, 0.3) is 5.57 Å². The van der Waals surface area contributed by atoms with Crippen LogP contribution >= 0.6 is 0 Å². The molecule has 0 aliphatic heterocycles. The molecule has 0 fully saturated rings. The van der Waals surface area contributed by atoms with Gasteiger partial charge in [-0.25, -0.2) is 22.9 Å². The monoisotopic (exact) mass is 662 g/mol. The highest BCUT2D eigenvalue weighted by Crippen LogP contribution is 2.32. The van der Waals surface area contributed by atoms with Crippen molar-refractivity contribution in [1.29, 1.82) is 0 Å². The van der Waals surface area contributed by atoms with Gasteiger partial charge >= 0.3 is 24.2 Å². The molecular weight excluding hydrogens is 635 g/mol. The van der Waals surface area contributed by atoms with E-state index in [0.717, 1.165) is 43.4 Å². The first-order valence-corrected chi connectivity index (χ1v) is 13.7. The number of ether oxygens (including phenoxy) is 2. The van der Waals surface area contributed by atoms with Crippen LogP contribution in [-0.4, -0.2) is 29.6 Å². The zero-order valence-corrected chi connectivity index (χ0v) is 24.3. The number of hydrogen-bond donors (Lipinski definition) is 1. The number of halogens is 9. The van der Waals surface area contributed by atoms with Gasteiger partial charge in [-0.1, -0.05) is 6.08 Å². The number of pyridine rings is 1. The van der Waals surface area contributed by atoms with Gasteiger partial charge in [-0.15, -0.1) is 0 Å². The van der Waals surface area contributed by atoms with E-state index >= 15 is 0 Å². The van der Waals surface area contributed by atoms with Gasteiger partial charge in [0.2, 0.25) is 5.88 Å². The predicted octanol–water partition coefficient (Wildman–Crippen LogP) is 8.73. The van der Waals surface area contributed by atoms with Gasteiger partial charge in [0.15, 0.2) is 11.6 Å². The number of anilines is 1. The number of hydrogen-bond acceptors (Lipinski definition) is 5. The van der Waals surface area contributed by atoms with Crippen molar-refractivity contribution in [1.82, 2.24) is 4.98 Å². The Labute approximate surface area is 257 Å². The topological polar surface area (TPSA) is 77.5 Å². The largest absolute Gasteiger partial charge is 0.472 e. The number of benzene rings is 2. The summed E-state index contributed by atoms with van der Waals surface area (Å²) < 4.78 is 125. The van der Waals surface area contributed by atoms with Crippen LogP contribution in [0.1, 0.15) is 65.2 Å². The lowest BCUT2D eigenvalue weighted by Gasteiger charge is -2.16. The Hall–Kier alpha value is -4.56. The number of nitrogens with zero attached hydrogens (tertiary/aromatic N) is 1. The molecule has 1 heterocycles. The Bertz CT molecular complexity index is 1600. The van der Waals surface area contributed by atoms with Crippen LogP contribution in [0.15, 0.2) is 48.7 Å². The highest BCUT2D eigenvalue weighted by atomic mass is 19.4. The smallest absolute Gasteiger partial charge is 0.471 e. The molecule has 0 bridgehead atoms. The molecular formula is C31H27F9N2O4. The average Bonchev–Trinajstić information content (AvgIpc) is 2.99. The van der Waals surface area contributed by atoms with Crippen molar-refractivity contribution in [3.63, 3.8) is 0 Å². The van der Waals surface area contributed by atoms with Gasteiger partial charge in [0.25, 0.3) is 0 Å². The number of allylic oxidation sites excluding steroid dienone is 2. The second kappa shape index (κ2) is 15.1. The molecule has 1 amide bonds. The van der Waals surface area contributed by atoms with Gasteiger partial charge in [0.1, 0.15) is 12.4 Å². The van der Waals surface area contributed by atoms with Crippen molar-refractivity contribution in [2.45, 2.75) is 58.5 Å². The number of aryl methyl sites for hydroxylation is 1. The molecule has 0 saturated heterocycles. The SMILES string of the molecule is CCOC(=O)c1cc(NC(=O)C(F)(F)F)cc(C2=CCCCC2)c1.Cc1cc(C(F)(F)F)cnc1OCc1c(F)ccc(F)c1F. The molecule has 248 valence electrons. The third-order valence-corrected chi connectivity index (χ3v) is 6.47. The maximum atomic E-state index is 13.4. The van der Waals surface area contributed by atoms with Crippen LogP contribution in [0, 0.1) is 24.4 Å². The van der Waals surface area contributed by atoms with E-state index in [9.17, 15) is 49.1 Å². The van der Waals surface area contributed by atoms with Crippen molar-refractivity contribution >= 4 is 23.1 Å². The molecule has 1 aliphatic rings. The van der Waals surface area contributed by atoms with Gasteiger partial charge in [-0.2, -0.15) is 26.3 Å². The van der Waals surface area contributed by atoms with Crippen molar-refractivity contribution in [3.8, 4) is 5.88 Å². The normalized spacial score (nSPS) is 13.2. The number of nitrogens with one attached hydrogen (secondary N) is 1. The van der Waals surface area contributed by atoms with E-state index in [1.54, 1.807) is 18.3 Å². The summed E-state index contributed by atoms with van der Waals surface area (Å²) in [5.74, 6) is -6.63. The molecule has 1 N–H and O–H groups in total. The number of aromatic nitrogens is 1. The number of carbonyl (C=O) groups excluding carboxylic acids is 2. The molecule has 46 heavy (non-hydrogen) atoms. The third kappa shape index (κ3) is 9.72. The molecule has 4 rings (SSSR count). The Balaban J connectivity index is 0.000000251. The lowest BCUT2D eigenvalue weighted by atomic mass is 9.92. The molecule has 0 spiro atoms. The van der Waals surface area contributed by atoms with Crippen LogP contribution in [0.4, 0.5) is 45.2 Å². The first-order chi connectivity index (χ1) is 21.5. The summed E-state index contributed by atoms with van der Waals surface area (Å²) >= 11 is 0. The average molecular weight is 663 g/mol. The van der Waals surface area contributed by atoms with Crippen LogP contribution in [0.2, 0.25) is 0 Å². The van der Waals surface area contributed by atoms with Gasteiger partial charge < -0.3 is 14.8 Å². The molecule has 0 atom stereocenters. The fourth-order valence-corrected chi connectivity index (χ4v) is 4.23. The standard InChI is InChI=1S/C17H18F3NO3.C14H9F6NO/c1-2-24-15(22)13-8-12(11-6-4-3-5-7-11)9-14(10-13)21-16(23)17(18,19)20;1-7-4-8(14(18,19)20)5-21-13(7)22-6-9-10(15)2-3-11(16)12(9)17/h6,8-10H,2-5,7H2,1H3,(H,21,23);2-5H,6H2,1H3. The van der Waals surface area contributed by atoms with Crippen LogP contribution in [0.5, 0.6) is 5.88 Å². The molecule has 6 nitrogen and oxygen atoms in total. The molecule has 0 saturated carbocycles. The lowest BCUT2D eigenvalue weighted by Crippen LogP contribution is -2.30. The van der Waals surface area contributed by atoms with Gasteiger partial charge in [-0.3, -0.25) is 4.79 Å². The van der Waals surface area contributed by atoms with E-state index in [-0.39, 0.29) is 29.3 Å². The van der Waals surface area contributed by atoms with Crippen LogP contribution in [0.3, 0.4) is 0 Å². The summed E-state index contributed by atoms with van der Waals surface area (Å²) in [5, 5.41) is 1.80. The highest BCUT2D eigenvalue weighted by molar-refractivity contribution is 5.98. The van der Waals surface area contributed by atoms with Gasteiger partial charge in [0.05, 0.1) is 23.3 Å². The molecule has 0 unspecified atom stereocenters. The summed E-state index contributed by atoms with van der Waals surface area (Å²) in [4.78, 5) is 26.6. The van der Waals surface area contributed by atoms with Gasteiger partial charge in [0, 0.05) is 17.4 Å². The summed E-state index contributed by atoms with van der Waals surface area (Å²) in [6.07, 6.45) is -3.33. The van der Waals surface area contributed by atoms with Gasteiger partial charge in [-0.05, 0) is 87.1 Å². The molecule has 1 aromatic heterocycles. The minimum absolute atomic E-state index is 0.0343. The number of esters is 1. The Kier molecular flexibility index (Phi) is 11.8. The van der Waals surface area contributed by atoms with E-state index in [0.29, 0.717) is 17.8 Å². The zero-order chi connectivity index (χ0) is 34.2. The van der Waals surface area contributed by atoms with E-state index in [4.69, 9.17) is 9.47 Å². The van der Waals surface area contributed by atoms with Crippen LogP contribution in [-0.2, 0) is 22.3 Å². The maximum absolute atomic E-state index is 13.4. The first-order valence-electron chi connectivity index (χ1n) is 13.7. The zero-order valence-electron chi connectivity index (χ0n) is 24.3. The van der Waals surface area contributed by atoms with E-state index < -0.39 is 59.4 Å². The maximum Gasteiger partial charge on any atom is 0.471 e. The van der Waals surface area contributed by atoms with Crippen molar-refractivity contribution in [3.05, 3.63) is 93.9 Å². The molecule has 0 radical (unpaired) electrons. The quantitative estimate of drug-likeness (QED) is 0.156. The third-order valence-electron chi connectivity index (χ3n) is 6.47. The molecule has 15 heteroatoms. The molecule has 1 aliphatic carbocycles.